The third kappa shape index (κ3) is 9.15. The lowest BCUT2D eigenvalue weighted by Crippen LogP contribution is -2.39. The third-order valence-electron chi connectivity index (χ3n) is 4.57. The molecule has 2 aromatic rings. The Morgan fingerprint density at radius 3 is 2.63 bits per heavy atom. The zero-order valence-corrected chi connectivity index (χ0v) is 20.5. The van der Waals surface area contributed by atoms with Gasteiger partial charge in [-0.3, -0.25) is 9.79 Å². The molecule has 0 fully saturated rings. The Kier molecular flexibility index (Phi) is 12.8. The number of nitrogens with one attached hydrogen (secondary N) is 2. The number of hydrogen-bond acceptors (Lipinski definition) is 4. The number of H-pyrrole nitrogens is 1. The minimum Gasteiger partial charge on any atom is -0.466 e. The molecule has 166 valence electrons. The van der Waals surface area contributed by atoms with Crippen molar-refractivity contribution >= 4 is 35.9 Å². The van der Waals surface area contributed by atoms with Crippen LogP contribution in [0.25, 0.3) is 11.3 Å². The number of esters is 1. The van der Waals surface area contributed by atoms with Crippen molar-refractivity contribution in [3.63, 3.8) is 0 Å². The fourth-order valence-electron chi connectivity index (χ4n) is 3.07. The van der Waals surface area contributed by atoms with Gasteiger partial charge in [0.25, 0.3) is 0 Å². The Morgan fingerprint density at radius 2 is 1.93 bits per heavy atom. The van der Waals surface area contributed by atoms with Crippen LogP contribution in [0.5, 0.6) is 0 Å². The van der Waals surface area contributed by atoms with Crippen LogP contribution >= 0.6 is 24.0 Å². The van der Waals surface area contributed by atoms with Crippen molar-refractivity contribution in [1.29, 1.82) is 0 Å². The highest BCUT2D eigenvalue weighted by Gasteiger charge is 2.09. The van der Waals surface area contributed by atoms with Gasteiger partial charge in [-0.2, -0.15) is 0 Å². The summed E-state index contributed by atoms with van der Waals surface area (Å²) in [6, 6.07) is 10.2. The Labute approximate surface area is 196 Å². The summed E-state index contributed by atoms with van der Waals surface area (Å²) < 4.78 is 4.94. The van der Waals surface area contributed by atoms with Gasteiger partial charge in [0.05, 0.1) is 25.0 Å². The van der Waals surface area contributed by atoms with Crippen molar-refractivity contribution in [2.45, 2.75) is 45.6 Å². The maximum atomic E-state index is 11.3. The summed E-state index contributed by atoms with van der Waals surface area (Å²) in [6.07, 6.45) is 6.41. The second kappa shape index (κ2) is 14.8. The standard InChI is InChI=1S/C22H33N5O2.HI/c1-4-29-21(28)14-10-5-6-11-15-24-22(23-2)27(3)17-20-25-16-19(26-20)18-12-8-7-9-13-18;/h7-9,12-13,16H,4-6,10-11,14-15,17H2,1-3H3,(H,23,24)(H,25,26);1H. The maximum Gasteiger partial charge on any atom is 0.305 e. The SMILES string of the molecule is CCOC(=O)CCCCCCNC(=NC)N(C)Cc1ncc(-c2ccccc2)[nH]1.I. The fraction of sp³-hybridized carbons (Fsp3) is 0.500. The number of hydrogen-bond donors (Lipinski definition) is 2. The molecule has 0 saturated carbocycles. The number of guanidine groups is 1. The van der Waals surface area contributed by atoms with Crippen LogP contribution in [-0.4, -0.2) is 54.0 Å². The molecule has 2 N–H and O–H groups in total. The molecule has 0 amide bonds. The molecule has 7 nitrogen and oxygen atoms in total. The molecule has 8 heteroatoms. The summed E-state index contributed by atoms with van der Waals surface area (Å²) in [7, 11) is 3.79. The van der Waals surface area contributed by atoms with Crippen LogP contribution in [-0.2, 0) is 16.1 Å². The lowest BCUT2D eigenvalue weighted by Gasteiger charge is -2.21. The van der Waals surface area contributed by atoms with E-state index in [1.807, 2.05) is 43.3 Å². The maximum absolute atomic E-state index is 11.3. The van der Waals surface area contributed by atoms with Crippen molar-refractivity contribution in [3.8, 4) is 11.3 Å². The minimum absolute atomic E-state index is 0. The number of aromatic amines is 1. The van der Waals surface area contributed by atoms with E-state index in [-0.39, 0.29) is 29.9 Å². The van der Waals surface area contributed by atoms with Crippen LogP contribution in [0.2, 0.25) is 0 Å². The number of carbonyl (C=O) groups is 1. The first-order valence-corrected chi connectivity index (χ1v) is 10.3. The smallest absolute Gasteiger partial charge is 0.305 e. The van der Waals surface area contributed by atoms with Gasteiger partial charge in [0, 0.05) is 27.1 Å². The van der Waals surface area contributed by atoms with E-state index in [4.69, 9.17) is 4.74 Å². The lowest BCUT2D eigenvalue weighted by atomic mass is 10.1. The van der Waals surface area contributed by atoms with Crippen molar-refractivity contribution in [1.82, 2.24) is 20.2 Å². The number of imidazole rings is 1. The molecule has 1 aromatic heterocycles. The van der Waals surface area contributed by atoms with E-state index < -0.39 is 0 Å². The van der Waals surface area contributed by atoms with E-state index in [1.54, 1.807) is 7.05 Å². The quantitative estimate of drug-likeness (QED) is 0.150. The zero-order valence-electron chi connectivity index (χ0n) is 18.2. The first kappa shape index (κ1) is 25.9. The normalized spacial score (nSPS) is 11.0. The molecular weight excluding hydrogens is 493 g/mol. The predicted octanol–water partition coefficient (Wildman–Crippen LogP) is 4.22. The summed E-state index contributed by atoms with van der Waals surface area (Å²) in [5.41, 5.74) is 2.14. The number of halogens is 1. The highest BCUT2D eigenvalue weighted by atomic mass is 127. The number of benzene rings is 1. The van der Waals surface area contributed by atoms with Crippen molar-refractivity contribution in [2.75, 3.05) is 27.2 Å². The van der Waals surface area contributed by atoms with Gasteiger partial charge >= 0.3 is 5.97 Å². The number of ether oxygens (including phenoxy) is 1. The number of aromatic nitrogens is 2. The molecule has 0 saturated heterocycles. The van der Waals surface area contributed by atoms with Gasteiger partial charge < -0.3 is 19.9 Å². The largest absolute Gasteiger partial charge is 0.466 e. The van der Waals surface area contributed by atoms with Gasteiger partial charge in [0.2, 0.25) is 0 Å². The number of carbonyl (C=O) groups excluding carboxylic acids is 1. The Balaban J connectivity index is 0.00000450. The summed E-state index contributed by atoms with van der Waals surface area (Å²) >= 11 is 0. The molecule has 30 heavy (non-hydrogen) atoms. The number of aliphatic imine (C=N–C) groups is 1. The summed E-state index contributed by atoms with van der Waals surface area (Å²) in [5.74, 6) is 1.64. The van der Waals surface area contributed by atoms with E-state index >= 15 is 0 Å². The second-order valence-corrected chi connectivity index (χ2v) is 6.91. The first-order valence-electron chi connectivity index (χ1n) is 10.3. The van der Waals surface area contributed by atoms with Gasteiger partial charge in [0.1, 0.15) is 5.82 Å². The Hall–Kier alpha value is -2.10. The second-order valence-electron chi connectivity index (χ2n) is 6.91. The van der Waals surface area contributed by atoms with Crippen LogP contribution < -0.4 is 5.32 Å². The monoisotopic (exact) mass is 527 g/mol. The van der Waals surface area contributed by atoms with Crippen molar-refractivity contribution < 1.29 is 9.53 Å². The van der Waals surface area contributed by atoms with E-state index in [9.17, 15) is 4.79 Å². The van der Waals surface area contributed by atoms with E-state index in [2.05, 4.69) is 32.4 Å². The molecule has 0 aliphatic rings. The van der Waals surface area contributed by atoms with Crippen LogP contribution in [0.3, 0.4) is 0 Å². The lowest BCUT2D eigenvalue weighted by molar-refractivity contribution is -0.143. The van der Waals surface area contributed by atoms with Gasteiger partial charge in [0.15, 0.2) is 5.96 Å². The molecule has 1 heterocycles. The fourth-order valence-corrected chi connectivity index (χ4v) is 3.07. The molecule has 0 atom stereocenters. The van der Waals surface area contributed by atoms with Gasteiger partial charge in [-0.15, -0.1) is 24.0 Å². The minimum atomic E-state index is -0.0963. The molecule has 0 spiro atoms. The first-order chi connectivity index (χ1) is 14.1. The van der Waals surface area contributed by atoms with E-state index in [1.165, 1.54) is 0 Å². The topological polar surface area (TPSA) is 82.6 Å². The molecule has 1 aromatic carbocycles. The average molecular weight is 527 g/mol. The van der Waals surface area contributed by atoms with E-state index in [0.717, 1.165) is 55.3 Å². The zero-order chi connectivity index (χ0) is 20.9. The van der Waals surface area contributed by atoms with Gasteiger partial charge in [-0.1, -0.05) is 43.2 Å². The van der Waals surface area contributed by atoms with Crippen molar-refractivity contribution in [2.24, 2.45) is 4.99 Å². The summed E-state index contributed by atoms with van der Waals surface area (Å²) in [5, 5.41) is 3.39. The Bertz CT molecular complexity index is 764. The molecule has 2 rings (SSSR count). The predicted molar refractivity (Wildman–Crippen MR) is 132 cm³/mol. The summed E-state index contributed by atoms with van der Waals surface area (Å²) in [6.45, 7) is 3.79. The van der Waals surface area contributed by atoms with Gasteiger partial charge in [-0.25, -0.2) is 4.98 Å². The number of nitrogens with zero attached hydrogens (tertiary/aromatic N) is 3. The third-order valence-corrected chi connectivity index (χ3v) is 4.57. The highest BCUT2D eigenvalue weighted by Crippen LogP contribution is 2.16. The van der Waals surface area contributed by atoms with E-state index in [0.29, 0.717) is 19.6 Å². The molecule has 0 aliphatic heterocycles. The molecule has 0 unspecified atom stereocenters. The molecule has 0 aliphatic carbocycles. The van der Waals surface area contributed by atoms with Crippen LogP contribution in [0, 0.1) is 0 Å². The average Bonchev–Trinajstić information content (AvgIpc) is 3.19. The Morgan fingerprint density at radius 1 is 1.20 bits per heavy atom. The van der Waals surface area contributed by atoms with Crippen LogP contribution in [0.15, 0.2) is 41.5 Å². The summed E-state index contributed by atoms with van der Waals surface area (Å²) in [4.78, 5) is 25.6. The van der Waals surface area contributed by atoms with Crippen LogP contribution in [0.1, 0.15) is 44.9 Å². The number of unbranched alkanes of at least 4 members (excludes halogenated alkanes) is 3. The molecular formula is C22H34IN5O2. The highest BCUT2D eigenvalue weighted by molar-refractivity contribution is 14.0. The molecule has 0 bridgehead atoms. The van der Waals surface area contributed by atoms with Crippen molar-refractivity contribution in [3.05, 3.63) is 42.4 Å². The molecule has 0 radical (unpaired) electrons. The van der Waals surface area contributed by atoms with Crippen LogP contribution in [0.4, 0.5) is 0 Å². The van der Waals surface area contributed by atoms with Gasteiger partial charge in [-0.05, 0) is 25.3 Å². The number of rotatable bonds is 11.